The van der Waals surface area contributed by atoms with Gasteiger partial charge in [-0.05, 0) is 62.4 Å². The number of hydrogen-bond acceptors (Lipinski definition) is 4. The molecule has 0 spiro atoms. The highest BCUT2D eigenvalue weighted by Gasteiger charge is 2.48. The van der Waals surface area contributed by atoms with Crippen LogP contribution in [0.4, 0.5) is 0 Å². The number of carboxylic acids is 1. The van der Waals surface area contributed by atoms with Gasteiger partial charge >= 0.3 is 5.97 Å². The van der Waals surface area contributed by atoms with Crippen molar-refractivity contribution in [2.45, 2.75) is 88.9 Å². The molecule has 0 aromatic carbocycles. The van der Waals surface area contributed by atoms with Gasteiger partial charge in [0.15, 0.2) is 0 Å². The number of thioether (sulfide) groups is 1. The van der Waals surface area contributed by atoms with Gasteiger partial charge in [-0.25, -0.2) is 0 Å². The van der Waals surface area contributed by atoms with Gasteiger partial charge in [0.2, 0.25) is 0 Å². The molecule has 1 saturated carbocycles. The lowest BCUT2D eigenvalue weighted by Gasteiger charge is -2.30. The first-order chi connectivity index (χ1) is 12.2. The van der Waals surface area contributed by atoms with Crippen LogP contribution in [0.2, 0.25) is 0 Å². The molecule has 5 heteroatoms. The minimum atomic E-state index is -0.676. The Morgan fingerprint density at radius 3 is 2.52 bits per heavy atom. The Kier molecular flexibility index (Phi) is 7.93. The lowest BCUT2D eigenvalue weighted by molar-refractivity contribution is -0.137. The van der Waals surface area contributed by atoms with E-state index in [0.29, 0.717) is 36.6 Å². The maximum atomic E-state index is 10.5. The monoisotopic (exact) mass is 370 g/mol. The van der Waals surface area contributed by atoms with Gasteiger partial charge in [0.1, 0.15) is 0 Å². The van der Waals surface area contributed by atoms with E-state index in [9.17, 15) is 4.79 Å². The summed E-state index contributed by atoms with van der Waals surface area (Å²) in [6, 6.07) is 0. The number of rotatable bonds is 11. The molecular formula is C20H34O4S. The topological polar surface area (TPSA) is 55.8 Å². The van der Waals surface area contributed by atoms with E-state index in [0.717, 1.165) is 25.2 Å². The highest BCUT2D eigenvalue weighted by atomic mass is 32.2. The average molecular weight is 371 g/mol. The molecule has 4 atom stereocenters. The third kappa shape index (κ3) is 5.86. The van der Waals surface area contributed by atoms with Crippen LogP contribution in [0.15, 0.2) is 0 Å². The van der Waals surface area contributed by atoms with Crippen molar-refractivity contribution in [2.75, 3.05) is 18.1 Å². The van der Waals surface area contributed by atoms with Crippen LogP contribution in [0.3, 0.4) is 0 Å². The van der Waals surface area contributed by atoms with Crippen LogP contribution in [0.1, 0.15) is 70.6 Å². The first-order valence-corrected chi connectivity index (χ1v) is 11.5. The molecule has 2 bridgehead atoms. The molecule has 3 aliphatic rings. The molecule has 0 aromatic rings. The van der Waals surface area contributed by atoms with Gasteiger partial charge in [-0.2, -0.15) is 11.8 Å². The molecule has 1 aliphatic carbocycles. The molecule has 3 rings (SSSR count). The zero-order valence-corrected chi connectivity index (χ0v) is 16.2. The third-order valence-corrected chi connectivity index (χ3v) is 7.29. The lowest BCUT2D eigenvalue weighted by atomic mass is 9.78. The zero-order valence-electron chi connectivity index (χ0n) is 15.4. The summed E-state index contributed by atoms with van der Waals surface area (Å²) in [5, 5.41) is 8.66. The van der Waals surface area contributed by atoms with Crippen molar-refractivity contribution in [1.29, 1.82) is 0 Å². The van der Waals surface area contributed by atoms with E-state index >= 15 is 0 Å². The molecule has 0 radical (unpaired) electrons. The highest BCUT2D eigenvalue weighted by molar-refractivity contribution is 7.99. The van der Waals surface area contributed by atoms with Gasteiger partial charge < -0.3 is 14.6 Å². The molecule has 0 amide bonds. The predicted octanol–water partition coefficient (Wildman–Crippen LogP) is 4.51. The number of ether oxygens (including phenoxy) is 2. The first kappa shape index (κ1) is 19.5. The van der Waals surface area contributed by atoms with Crippen LogP contribution in [-0.4, -0.2) is 47.5 Å². The number of aliphatic carboxylic acids is 1. The van der Waals surface area contributed by atoms with Crippen molar-refractivity contribution >= 4 is 17.7 Å². The summed E-state index contributed by atoms with van der Waals surface area (Å²) >= 11 is 1.98. The van der Waals surface area contributed by atoms with Gasteiger partial charge in [0.25, 0.3) is 0 Å². The van der Waals surface area contributed by atoms with Crippen molar-refractivity contribution in [3.05, 3.63) is 0 Å². The smallest absolute Gasteiger partial charge is 0.303 e. The minimum absolute atomic E-state index is 0.307. The van der Waals surface area contributed by atoms with Gasteiger partial charge in [-0.1, -0.05) is 19.3 Å². The molecule has 2 heterocycles. The molecule has 25 heavy (non-hydrogen) atoms. The normalized spacial score (nSPS) is 32.3. The Morgan fingerprint density at radius 1 is 1.00 bits per heavy atom. The molecule has 4 nitrogen and oxygen atoms in total. The molecule has 1 N–H and O–H groups in total. The first-order valence-electron chi connectivity index (χ1n) is 10.3. The number of unbranched alkanes of at least 4 members (excludes halogenated alkanes) is 1. The fourth-order valence-electron chi connectivity index (χ4n) is 4.78. The molecule has 144 valence electrons. The van der Waals surface area contributed by atoms with E-state index in [-0.39, 0.29) is 0 Å². The summed E-state index contributed by atoms with van der Waals surface area (Å²) in [5.41, 5.74) is 0. The number of carbonyl (C=O) groups is 1. The van der Waals surface area contributed by atoms with E-state index in [1.807, 2.05) is 11.8 Å². The summed E-state index contributed by atoms with van der Waals surface area (Å²) in [5.74, 6) is 2.86. The molecular weight excluding hydrogens is 336 g/mol. The highest BCUT2D eigenvalue weighted by Crippen LogP contribution is 2.45. The Morgan fingerprint density at radius 2 is 1.76 bits per heavy atom. The summed E-state index contributed by atoms with van der Waals surface area (Å²) in [4.78, 5) is 10.5. The molecule has 2 aliphatic heterocycles. The quantitative estimate of drug-likeness (QED) is 0.542. The van der Waals surface area contributed by atoms with E-state index in [1.165, 1.54) is 57.1 Å². The van der Waals surface area contributed by atoms with Crippen LogP contribution in [0.25, 0.3) is 0 Å². The maximum Gasteiger partial charge on any atom is 0.303 e. The minimum Gasteiger partial charge on any atom is -0.481 e. The molecule has 2 saturated heterocycles. The van der Waals surface area contributed by atoms with Gasteiger partial charge in [0.05, 0.1) is 24.9 Å². The SMILES string of the molecule is O=C(O)CCCCSCCC1C2CCC(O2)C1COC1CCCCC1. The fourth-order valence-corrected chi connectivity index (χ4v) is 5.83. The van der Waals surface area contributed by atoms with E-state index < -0.39 is 5.97 Å². The Hall–Kier alpha value is -0.260. The van der Waals surface area contributed by atoms with Crippen molar-refractivity contribution in [2.24, 2.45) is 11.8 Å². The van der Waals surface area contributed by atoms with E-state index in [4.69, 9.17) is 14.6 Å². The second-order valence-electron chi connectivity index (χ2n) is 7.96. The standard InChI is InChI=1S/C20H34O4S/c21-20(22)8-4-5-12-25-13-11-16-17(19-10-9-18(16)24-19)14-23-15-6-2-1-3-7-15/h15-19H,1-14H2,(H,21,22). The summed E-state index contributed by atoms with van der Waals surface area (Å²) in [6.07, 6.45) is 13.8. The van der Waals surface area contributed by atoms with Crippen LogP contribution >= 0.6 is 11.8 Å². The van der Waals surface area contributed by atoms with Crippen molar-refractivity contribution in [1.82, 2.24) is 0 Å². The van der Waals surface area contributed by atoms with Gasteiger partial charge in [0, 0.05) is 12.3 Å². The maximum absolute atomic E-state index is 10.5. The van der Waals surface area contributed by atoms with E-state index in [1.54, 1.807) is 0 Å². The number of fused-ring (bicyclic) bond motifs is 2. The van der Waals surface area contributed by atoms with Crippen LogP contribution in [0.5, 0.6) is 0 Å². The van der Waals surface area contributed by atoms with Crippen molar-refractivity contribution in [3.8, 4) is 0 Å². The van der Waals surface area contributed by atoms with Crippen LogP contribution < -0.4 is 0 Å². The second-order valence-corrected chi connectivity index (χ2v) is 9.19. The number of hydrogen-bond donors (Lipinski definition) is 1. The van der Waals surface area contributed by atoms with Gasteiger partial charge in [-0.15, -0.1) is 0 Å². The summed E-state index contributed by atoms with van der Waals surface area (Å²) in [7, 11) is 0. The Bertz CT molecular complexity index is 411. The van der Waals surface area contributed by atoms with Crippen molar-refractivity contribution in [3.63, 3.8) is 0 Å². The van der Waals surface area contributed by atoms with E-state index in [2.05, 4.69) is 0 Å². The van der Waals surface area contributed by atoms with Gasteiger partial charge in [-0.3, -0.25) is 4.79 Å². The van der Waals surface area contributed by atoms with Crippen molar-refractivity contribution < 1.29 is 19.4 Å². The van der Waals surface area contributed by atoms with Crippen LogP contribution in [-0.2, 0) is 14.3 Å². The zero-order chi connectivity index (χ0) is 17.5. The summed E-state index contributed by atoms with van der Waals surface area (Å²) < 4.78 is 12.5. The molecule has 0 aromatic heterocycles. The Labute approximate surface area is 156 Å². The lowest BCUT2D eigenvalue weighted by Crippen LogP contribution is -2.33. The fraction of sp³-hybridized carbons (Fsp3) is 0.950. The predicted molar refractivity (Wildman–Crippen MR) is 101 cm³/mol. The second kappa shape index (κ2) is 10.2. The third-order valence-electron chi connectivity index (χ3n) is 6.19. The average Bonchev–Trinajstić information content (AvgIpc) is 3.21. The summed E-state index contributed by atoms with van der Waals surface area (Å²) in [6.45, 7) is 0.903. The molecule has 4 unspecified atom stereocenters. The Balaban J connectivity index is 1.33. The number of carboxylic acid groups (broad SMARTS) is 1. The largest absolute Gasteiger partial charge is 0.481 e. The molecule has 3 fully saturated rings. The van der Waals surface area contributed by atoms with Crippen LogP contribution in [0, 0.1) is 11.8 Å².